The molecule has 3 N–H and O–H groups in total. The first-order valence-corrected chi connectivity index (χ1v) is 5.05. The van der Waals surface area contributed by atoms with Gasteiger partial charge in [-0.15, -0.1) is 0 Å². The molecule has 0 aromatic heterocycles. The molecule has 0 saturated carbocycles. The van der Waals surface area contributed by atoms with Crippen molar-refractivity contribution in [2.24, 2.45) is 0 Å². The molecule has 1 aliphatic rings. The predicted molar refractivity (Wildman–Crippen MR) is 58.6 cm³/mol. The minimum absolute atomic E-state index is 0.0415. The number of carboxylic acids is 2. The molecule has 0 bridgehead atoms. The zero-order chi connectivity index (χ0) is 12.4. The average molecular weight is 237 g/mol. The minimum atomic E-state index is -1.02. The van der Waals surface area contributed by atoms with Gasteiger partial charge in [0.05, 0.1) is 23.7 Å². The molecule has 1 aromatic carbocycles. The number of ether oxygens (including phenoxy) is 1. The smallest absolute Gasteiger partial charge is 0.335 e. The van der Waals surface area contributed by atoms with E-state index in [1.165, 1.54) is 12.1 Å². The monoisotopic (exact) mass is 237 g/mol. The Kier molecular flexibility index (Phi) is 2.86. The van der Waals surface area contributed by atoms with Gasteiger partial charge in [0.1, 0.15) is 12.4 Å². The molecule has 1 unspecified atom stereocenters. The van der Waals surface area contributed by atoms with Crippen molar-refractivity contribution in [2.75, 3.05) is 11.9 Å². The van der Waals surface area contributed by atoms with Crippen LogP contribution in [0.15, 0.2) is 18.2 Å². The second-order valence-corrected chi connectivity index (χ2v) is 3.77. The fourth-order valence-electron chi connectivity index (χ4n) is 1.67. The third-order valence-electron chi connectivity index (χ3n) is 2.45. The van der Waals surface area contributed by atoms with E-state index in [4.69, 9.17) is 14.9 Å². The van der Waals surface area contributed by atoms with Crippen molar-refractivity contribution in [3.05, 3.63) is 23.8 Å². The van der Waals surface area contributed by atoms with E-state index in [2.05, 4.69) is 5.32 Å². The number of hydrogen-bond donors (Lipinski definition) is 3. The highest BCUT2D eigenvalue weighted by atomic mass is 16.5. The molecule has 1 aromatic rings. The maximum atomic E-state index is 10.7. The number of anilines is 1. The average Bonchev–Trinajstić information content (AvgIpc) is 2.27. The van der Waals surface area contributed by atoms with Gasteiger partial charge in [0.15, 0.2) is 0 Å². The van der Waals surface area contributed by atoms with E-state index in [1.807, 2.05) is 0 Å². The summed E-state index contributed by atoms with van der Waals surface area (Å²) in [4.78, 5) is 21.3. The van der Waals surface area contributed by atoms with Crippen LogP contribution in [0, 0.1) is 0 Å². The number of aromatic carboxylic acids is 1. The van der Waals surface area contributed by atoms with Crippen molar-refractivity contribution in [1.82, 2.24) is 0 Å². The van der Waals surface area contributed by atoms with E-state index in [1.54, 1.807) is 6.07 Å². The lowest BCUT2D eigenvalue weighted by Crippen LogP contribution is -2.33. The number of carbonyl (C=O) groups is 2. The van der Waals surface area contributed by atoms with E-state index in [0.29, 0.717) is 11.4 Å². The summed E-state index contributed by atoms with van der Waals surface area (Å²) >= 11 is 0. The van der Waals surface area contributed by atoms with Crippen LogP contribution in [-0.4, -0.2) is 34.8 Å². The Labute approximate surface area is 96.8 Å². The van der Waals surface area contributed by atoms with Crippen molar-refractivity contribution in [3.8, 4) is 5.75 Å². The van der Waals surface area contributed by atoms with E-state index in [9.17, 15) is 9.59 Å². The number of benzene rings is 1. The summed E-state index contributed by atoms with van der Waals surface area (Å²) in [6, 6.07) is 4.14. The third-order valence-corrected chi connectivity index (χ3v) is 2.45. The van der Waals surface area contributed by atoms with Gasteiger partial charge in [-0.2, -0.15) is 0 Å². The van der Waals surface area contributed by atoms with Crippen LogP contribution < -0.4 is 10.1 Å². The van der Waals surface area contributed by atoms with Crippen molar-refractivity contribution in [1.29, 1.82) is 0 Å². The molecule has 0 amide bonds. The van der Waals surface area contributed by atoms with Crippen LogP contribution in [0.1, 0.15) is 16.8 Å². The molecular formula is C11H11NO5. The van der Waals surface area contributed by atoms with Crippen molar-refractivity contribution < 1.29 is 24.5 Å². The third kappa shape index (κ3) is 2.47. The highest BCUT2D eigenvalue weighted by molar-refractivity contribution is 5.89. The van der Waals surface area contributed by atoms with Crippen molar-refractivity contribution >= 4 is 17.6 Å². The van der Waals surface area contributed by atoms with Gasteiger partial charge >= 0.3 is 11.9 Å². The maximum Gasteiger partial charge on any atom is 0.335 e. The summed E-state index contributed by atoms with van der Waals surface area (Å²) in [6.45, 7) is 0.211. The second kappa shape index (κ2) is 4.32. The van der Waals surface area contributed by atoms with Gasteiger partial charge in [0.25, 0.3) is 0 Å². The Hall–Kier alpha value is -2.24. The molecule has 1 atom stereocenters. The molecule has 6 heteroatoms. The minimum Gasteiger partial charge on any atom is -0.489 e. The fraction of sp³-hybridized carbons (Fsp3) is 0.273. The number of rotatable bonds is 3. The number of aliphatic carboxylic acids is 1. The number of nitrogens with one attached hydrogen (secondary N) is 1. The maximum absolute atomic E-state index is 10.7. The van der Waals surface area contributed by atoms with Gasteiger partial charge in [-0.3, -0.25) is 4.79 Å². The number of hydrogen-bond acceptors (Lipinski definition) is 4. The van der Waals surface area contributed by atoms with Gasteiger partial charge in [0.2, 0.25) is 0 Å². The standard InChI is InChI=1S/C11H11NO5/c13-10(14)4-7-5-17-9-3-6(11(15)16)1-2-8(9)12-7/h1-3,7,12H,4-5H2,(H,13,14)(H,15,16). The molecule has 0 fully saturated rings. The van der Waals surface area contributed by atoms with E-state index < -0.39 is 11.9 Å². The summed E-state index contributed by atoms with van der Waals surface area (Å²) in [6.07, 6.45) is -0.0415. The highest BCUT2D eigenvalue weighted by Crippen LogP contribution is 2.30. The lowest BCUT2D eigenvalue weighted by Gasteiger charge is -2.26. The van der Waals surface area contributed by atoms with E-state index in [-0.39, 0.29) is 24.6 Å². The zero-order valence-electron chi connectivity index (χ0n) is 8.84. The predicted octanol–water partition coefficient (Wildman–Crippen LogP) is 1.03. The zero-order valence-corrected chi connectivity index (χ0v) is 8.84. The molecule has 1 aliphatic heterocycles. The van der Waals surface area contributed by atoms with Crippen LogP contribution >= 0.6 is 0 Å². The van der Waals surface area contributed by atoms with Crippen molar-refractivity contribution in [2.45, 2.75) is 12.5 Å². The van der Waals surface area contributed by atoms with Crippen LogP contribution in [0.25, 0.3) is 0 Å². The summed E-state index contributed by atoms with van der Waals surface area (Å²) < 4.78 is 5.34. The molecule has 0 spiro atoms. The molecule has 2 rings (SSSR count). The van der Waals surface area contributed by atoms with Crippen LogP contribution in [0.3, 0.4) is 0 Å². The first kappa shape index (κ1) is 11.3. The van der Waals surface area contributed by atoms with Crippen molar-refractivity contribution in [3.63, 3.8) is 0 Å². The van der Waals surface area contributed by atoms with Gasteiger partial charge < -0.3 is 20.3 Å². The summed E-state index contributed by atoms with van der Waals surface area (Å²) in [5.74, 6) is -1.49. The fourth-order valence-corrected chi connectivity index (χ4v) is 1.67. The summed E-state index contributed by atoms with van der Waals surface area (Å²) in [5.41, 5.74) is 0.759. The Morgan fingerprint density at radius 2 is 2.18 bits per heavy atom. The highest BCUT2D eigenvalue weighted by Gasteiger charge is 2.21. The second-order valence-electron chi connectivity index (χ2n) is 3.77. The first-order valence-electron chi connectivity index (χ1n) is 5.05. The molecular weight excluding hydrogens is 226 g/mol. The van der Waals surface area contributed by atoms with Crippen LogP contribution in [0.5, 0.6) is 5.75 Å². The molecule has 0 radical (unpaired) electrons. The normalized spacial score (nSPS) is 17.5. The molecule has 1 heterocycles. The Bertz CT molecular complexity index is 471. The summed E-state index contributed by atoms with van der Waals surface area (Å²) in [7, 11) is 0. The van der Waals surface area contributed by atoms with Gasteiger partial charge in [-0.05, 0) is 18.2 Å². The Morgan fingerprint density at radius 3 is 2.82 bits per heavy atom. The molecule has 6 nitrogen and oxygen atoms in total. The summed E-state index contributed by atoms with van der Waals surface area (Å²) in [5, 5.41) is 20.5. The quantitative estimate of drug-likeness (QED) is 0.726. The van der Waals surface area contributed by atoms with Crippen LogP contribution in [-0.2, 0) is 4.79 Å². The molecule has 90 valence electrons. The number of fused-ring (bicyclic) bond motifs is 1. The molecule has 0 saturated heterocycles. The molecule has 0 aliphatic carbocycles. The van der Waals surface area contributed by atoms with E-state index >= 15 is 0 Å². The lowest BCUT2D eigenvalue weighted by molar-refractivity contribution is -0.137. The van der Waals surface area contributed by atoms with Gasteiger partial charge in [0, 0.05) is 0 Å². The van der Waals surface area contributed by atoms with Crippen LogP contribution in [0.2, 0.25) is 0 Å². The Balaban J connectivity index is 2.17. The SMILES string of the molecule is O=C(O)CC1COc2cc(C(=O)O)ccc2N1. The molecule has 17 heavy (non-hydrogen) atoms. The Morgan fingerprint density at radius 1 is 1.41 bits per heavy atom. The van der Waals surface area contributed by atoms with Gasteiger partial charge in [-0.1, -0.05) is 0 Å². The topological polar surface area (TPSA) is 95.9 Å². The lowest BCUT2D eigenvalue weighted by atomic mass is 10.1. The van der Waals surface area contributed by atoms with Gasteiger partial charge in [-0.25, -0.2) is 4.79 Å². The largest absolute Gasteiger partial charge is 0.489 e. The van der Waals surface area contributed by atoms with E-state index in [0.717, 1.165) is 0 Å². The first-order chi connectivity index (χ1) is 8.06. The number of carboxylic acid groups (broad SMARTS) is 2. The van der Waals surface area contributed by atoms with Crippen LogP contribution in [0.4, 0.5) is 5.69 Å².